The second-order valence-corrected chi connectivity index (χ2v) is 10.2. The van der Waals surface area contributed by atoms with E-state index in [4.69, 9.17) is 0 Å². The van der Waals surface area contributed by atoms with Crippen molar-refractivity contribution in [3.8, 4) is 0 Å². The van der Waals surface area contributed by atoms with Gasteiger partial charge in [0.1, 0.15) is 0 Å². The molecule has 9 heteroatoms. The number of hydrogen-bond acceptors (Lipinski definition) is 6. The molecule has 0 bridgehead atoms. The van der Waals surface area contributed by atoms with Gasteiger partial charge in [-0.1, -0.05) is 32.9 Å². The molecule has 0 saturated carbocycles. The van der Waals surface area contributed by atoms with Crippen molar-refractivity contribution in [1.82, 2.24) is 0 Å². The van der Waals surface area contributed by atoms with E-state index in [2.05, 4.69) is 19.2 Å². The zero-order valence-corrected chi connectivity index (χ0v) is 18.2. The number of nitro groups is 1. The summed E-state index contributed by atoms with van der Waals surface area (Å²) >= 11 is 1.38. The number of para-hydroxylation sites is 1. The van der Waals surface area contributed by atoms with Gasteiger partial charge in [-0.3, -0.25) is 14.9 Å². The molecule has 29 heavy (non-hydrogen) atoms. The van der Waals surface area contributed by atoms with E-state index in [1.54, 1.807) is 18.2 Å². The first-order chi connectivity index (χ1) is 13.7. The van der Waals surface area contributed by atoms with E-state index in [9.17, 15) is 23.3 Å². The quantitative estimate of drug-likeness (QED) is 0.344. The molecule has 0 unspecified atom stereocenters. The van der Waals surface area contributed by atoms with Crippen molar-refractivity contribution in [2.24, 2.45) is 5.92 Å². The zero-order valence-electron chi connectivity index (χ0n) is 16.5. The molecule has 0 radical (unpaired) electrons. The number of rotatable bonds is 9. The lowest BCUT2D eigenvalue weighted by Crippen LogP contribution is -2.15. The highest BCUT2D eigenvalue weighted by atomic mass is 32.2. The topological polar surface area (TPSA) is 106 Å². The maximum absolute atomic E-state index is 12.6. The first-order valence-electron chi connectivity index (χ1n) is 9.20. The SMILES string of the molecule is CCS(=O)(=O)c1ccccc1NC(=O)c1ccc(SCCC(C)C)c([N+](=O)[O-])c1. The van der Waals surface area contributed by atoms with Crippen LogP contribution in [0.25, 0.3) is 0 Å². The summed E-state index contributed by atoms with van der Waals surface area (Å²) in [5.74, 6) is 0.525. The number of benzene rings is 2. The molecule has 0 aliphatic rings. The molecule has 2 aromatic rings. The molecule has 0 spiro atoms. The third kappa shape index (κ3) is 6.04. The Morgan fingerprint density at radius 1 is 1.21 bits per heavy atom. The minimum absolute atomic E-state index is 0.0196. The van der Waals surface area contributed by atoms with Crippen LogP contribution in [0.4, 0.5) is 11.4 Å². The number of amides is 1. The van der Waals surface area contributed by atoms with Crippen molar-refractivity contribution in [3.05, 3.63) is 58.1 Å². The Balaban J connectivity index is 2.28. The summed E-state index contributed by atoms with van der Waals surface area (Å²) in [6.45, 7) is 5.69. The van der Waals surface area contributed by atoms with Crippen molar-refractivity contribution >= 4 is 38.9 Å². The van der Waals surface area contributed by atoms with Crippen LogP contribution >= 0.6 is 11.8 Å². The van der Waals surface area contributed by atoms with E-state index in [0.717, 1.165) is 12.2 Å². The molecule has 0 aliphatic carbocycles. The van der Waals surface area contributed by atoms with E-state index in [0.29, 0.717) is 10.8 Å². The van der Waals surface area contributed by atoms with Crippen molar-refractivity contribution in [3.63, 3.8) is 0 Å². The summed E-state index contributed by atoms with van der Waals surface area (Å²) < 4.78 is 24.5. The van der Waals surface area contributed by atoms with Gasteiger partial charge in [0.15, 0.2) is 9.84 Å². The molecular formula is C20H24N2O5S2. The molecule has 156 valence electrons. The van der Waals surface area contributed by atoms with Crippen LogP contribution in [-0.4, -0.2) is 30.8 Å². The van der Waals surface area contributed by atoms with Crippen molar-refractivity contribution in [1.29, 1.82) is 0 Å². The molecule has 0 saturated heterocycles. The average molecular weight is 437 g/mol. The van der Waals surface area contributed by atoms with Crippen LogP contribution in [0, 0.1) is 16.0 Å². The largest absolute Gasteiger partial charge is 0.321 e. The Bertz CT molecular complexity index is 1000. The summed E-state index contributed by atoms with van der Waals surface area (Å²) in [5.41, 5.74) is 0.104. The Hall–Kier alpha value is -2.39. The molecule has 0 atom stereocenters. The second-order valence-electron chi connectivity index (χ2n) is 6.82. The summed E-state index contributed by atoms with van der Waals surface area (Å²) in [4.78, 5) is 24.1. The third-order valence-electron chi connectivity index (χ3n) is 4.22. The number of nitrogens with zero attached hydrogens (tertiary/aromatic N) is 1. The molecule has 0 heterocycles. The predicted octanol–water partition coefficient (Wildman–Crippen LogP) is 4.78. The van der Waals surface area contributed by atoms with Crippen LogP contribution < -0.4 is 5.32 Å². The van der Waals surface area contributed by atoms with Gasteiger partial charge in [-0.05, 0) is 42.4 Å². The van der Waals surface area contributed by atoms with Gasteiger partial charge in [0, 0.05) is 11.6 Å². The van der Waals surface area contributed by atoms with Gasteiger partial charge >= 0.3 is 0 Å². The lowest BCUT2D eigenvalue weighted by molar-refractivity contribution is -0.387. The normalized spacial score (nSPS) is 11.4. The molecule has 1 N–H and O–H groups in total. The maximum Gasteiger partial charge on any atom is 0.283 e. The molecule has 1 amide bonds. The molecule has 2 aromatic carbocycles. The van der Waals surface area contributed by atoms with Gasteiger partial charge in [0.2, 0.25) is 0 Å². The van der Waals surface area contributed by atoms with Gasteiger partial charge in [0.05, 0.1) is 26.2 Å². The molecule has 2 rings (SSSR count). The Kier molecular flexibility index (Phi) is 7.80. The van der Waals surface area contributed by atoms with E-state index < -0.39 is 20.7 Å². The summed E-state index contributed by atoms with van der Waals surface area (Å²) in [7, 11) is -3.53. The van der Waals surface area contributed by atoms with Crippen LogP contribution in [-0.2, 0) is 9.84 Å². The van der Waals surface area contributed by atoms with Crippen LogP contribution in [0.5, 0.6) is 0 Å². The fourth-order valence-corrected chi connectivity index (χ4v) is 4.82. The van der Waals surface area contributed by atoms with Crippen molar-refractivity contribution in [2.75, 3.05) is 16.8 Å². The van der Waals surface area contributed by atoms with E-state index in [-0.39, 0.29) is 27.6 Å². The van der Waals surface area contributed by atoms with Crippen molar-refractivity contribution < 1.29 is 18.1 Å². The number of nitro benzene ring substituents is 1. The van der Waals surface area contributed by atoms with Crippen LogP contribution in [0.1, 0.15) is 37.6 Å². The minimum atomic E-state index is -3.53. The second kappa shape index (κ2) is 9.89. The first-order valence-corrected chi connectivity index (χ1v) is 11.8. The Labute approximate surface area is 175 Å². The standard InChI is InChI=1S/C20H24N2O5S2/c1-4-29(26,27)19-8-6-5-7-16(19)21-20(23)15-9-10-18(17(13-15)22(24)25)28-12-11-14(2)3/h5-10,13-14H,4,11-12H2,1-3H3,(H,21,23). The average Bonchev–Trinajstić information content (AvgIpc) is 2.68. The number of carbonyl (C=O) groups is 1. The monoisotopic (exact) mass is 436 g/mol. The molecular weight excluding hydrogens is 412 g/mol. The van der Waals surface area contributed by atoms with Crippen LogP contribution in [0.2, 0.25) is 0 Å². The number of thioether (sulfide) groups is 1. The zero-order chi connectivity index (χ0) is 21.6. The molecule has 0 aliphatic heterocycles. The number of carbonyl (C=O) groups excluding carboxylic acids is 1. The Morgan fingerprint density at radius 2 is 1.90 bits per heavy atom. The van der Waals surface area contributed by atoms with Crippen LogP contribution in [0.15, 0.2) is 52.3 Å². The minimum Gasteiger partial charge on any atom is -0.321 e. The van der Waals surface area contributed by atoms with Gasteiger partial charge < -0.3 is 5.32 Å². The maximum atomic E-state index is 12.6. The highest BCUT2D eigenvalue weighted by molar-refractivity contribution is 7.99. The number of anilines is 1. The fraction of sp³-hybridized carbons (Fsp3) is 0.350. The van der Waals surface area contributed by atoms with E-state index in [1.165, 1.54) is 43.0 Å². The molecule has 0 aromatic heterocycles. The van der Waals surface area contributed by atoms with Crippen molar-refractivity contribution in [2.45, 2.75) is 37.0 Å². The number of hydrogen-bond donors (Lipinski definition) is 1. The number of sulfone groups is 1. The van der Waals surface area contributed by atoms with Crippen LogP contribution in [0.3, 0.4) is 0 Å². The smallest absolute Gasteiger partial charge is 0.283 e. The van der Waals surface area contributed by atoms with Gasteiger partial charge in [0.25, 0.3) is 11.6 Å². The van der Waals surface area contributed by atoms with Gasteiger partial charge in [-0.25, -0.2) is 8.42 Å². The lowest BCUT2D eigenvalue weighted by atomic mass is 10.2. The van der Waals surface area contributed by atoms with E-state index in [1.807, 2.05) is 0 Å². The highest BCUT2D eigenvalue weighted by Crippen LogP contribution is 2.31. The lowest BCUT2D eigenvalue weighted by Gasteiger charge is -2.11. The highest BCUT2D eigenvalue weighted by Gasteiger charge is 2.21. The summed E-state index contributed by atoms with van der Waals surface area (Å²) in [6.07, 6.45) is 0.923. The summed E-state index contributed by atoms with van der Waals surface area (Å²) in [5, 5.41) is 14.0. The van der Waals surface area contributed by atoms with Gasteiger partial charge in [-0.2, -0.15) is 0 Å². The van der Waals surface area contributed by atoms with E-state index >= 15 is 0 Å². The number of nitrogens with one attached hydrogen (secondary N) is 1. The van der Waals surface area contributed by atoms with Gasteiger partial charge in [-0.15, -0.1) is 11.8 Å². The summed E-state index contributed by atoms with van der Waals surface area (Å²) in [6, 6.07) is 10.4. The first kappa shape index (κ1) is 22.9. The molecule has 0 fully saturated rings. The predicted molar refractivity (Wildman–Crippen MR) is 115 cm³/mol. The third-order valence-corrected chi connectivity index (χ3v) is 7.10. The Morgan fingerprint density at radius 3 is 2.52 bits per heavy atom. The molecule has 7 nitrogen and oxygen atoms in total. The fourth-order valence-electron chi connectivity index (χ4n) is 2.52.